The third-order valence-corrected chi connectivity index (χ3v) is 3.01. The van der Waals surface area contributed by atoms with E-state index in [1.807, 2.05) is 6.92 Å². The Morgan fingerprint density at radius 3 is 2.94 bits per heavy atom. The lowest BCUT2D eigenvalue weighted by Crippen LogP contribution is -1.99. The van der Waals surface area contributed by atoms with Crippen molar-refractivity contribution in [3.05, 3.63) is 47.0 Å². The van der Waals surface area contributed by atoms with Crippen molar-refractivity contribution in [3.8, 4) is 0 Å². The smallest absolute Gasteiger partial charge is 0.221 e. The fourth-order valence-electron chi connectivity index (χ4n) is 1.52. The molecule has 0 saturated carbocycles. The average Bonchev–Trinajstić information content (AvgIpc) is 2.66. The number of nitrogens with zero attached hydrogens (tertiary/aromatic N) is 3. The van der Waals surface area contributed by atoms with Gasteiger partial charge in [0.1, 0.15) is 5.82 Å². The molecule has 0 unspecified atom stereocenters. The minimum absolute atomic E-state index is 0.279. The largest absolute Gasteiger partial charge is 0.368 e. The van der Waals surface area contributed by atoms with Gasteiger partial charge < -0.3 is 5.73 Å². The summed E-state index contributed by atoms with van der Waals surface area (Å²) in [5.41, 5.74) is 7.41. The van der Waals surface area contributed by atoms with Crippen molar-refractivity contribution >= 4 is 28.1 Å². The maximum atomic E-state index is 13.9. The van der Waals surface area contributed by atoms with E-state index < -0.39 is 0 Å². The number of halogens is 2. The van der Waals surface area contributed by atoms with E-state index >= 15 is 0 Å². The van der Waals surface area contributed by atoms with Crippen LogP contribution in [0.1, 0.15) is 16.8 Å². The molecule has 2 N–H and O–H groups in total. The number of alkyl halides is 1. The summed E-state index contributed by atoms with van der Waals surface area (Å²) >= 11 is 3.23. The molecule has 0 saturated heterocycles. The zero-order chi connectivity index (χ0) is 13.1. The normalized spacial score (nSPS) is 11.3. The summed E-state index contributed by atoms with van der Waals surface area (Å²) in [6, 6.07) is 5.16. The fourth-order valence-corrected chi connectivity index (χ4v) is 1.96. The number of benzene rings is 1. The highest BCUT2D eigenvalue weighted by atomic mass is 79.9. The summed E-state index contributed by atoms with van der Waals surface area (Å²) in [5.74, 6) is -0.00524. The lowest BCUT2D eigenvalue weighted by molar-refractivity contribution is 0.615. The molecule has 6 heteroatoms. The summed E-state index contributed by atoms with van der Waals surface area (Å²) in [7, 11) is 0. The van der Waals surface area contributed by atoms with Crippen molar-refractivity contribution in [3.63, 3.8) is 0 Å². The second-order valence-corrected chi connectivity index (χ2v) is 4.34. The number of imidazole rings is 1. The van der Waals surface area contributed by atoms with Crippen molar-refractivity contribution in [2.24, 2.45) is 5.10 Å². The molecule has 2 rings (SSSR count). The van der Waals surface area contributed by atoms with Gasteiger partial charge in [-0.1, -0.05) is 34.1 Å². The molecule has 0 fully saturated rings. The molecular formula is C12H12BrFN4. The molecule has 0 spiro atoms. The highest BCUT2D eigenvalue weighted by Gasteiger charge is 2.05. The average molecular weight is 311 g/mol. The first-order valence-corrected chi connectivity index (χ1v) is 6.43. The SMILES string of the molecule is Cc1cn(N=Cc2cccc(CBr)c2F)c(N)n1. The first-order chi connectivity index (χ1) is 8.61. The third kappa shape index (κ3) is 2.59. The molecule has 0 amide bonds. The number of hydrogen-bond acceptors (Lipinski definition) is 3. The summed E-state index contributed by atoms with van der Waals surface area (Å²) in [6.45, 7) is 1.81. The second-order valence-electron chi connectivity index (χ2n) is 3.78. The lowest BCUT2D eigenvalue weighted by atomic mass is 10.1. The molecule has 4 nitrogen and oxygen atoms in total. The molecule has 0 aliphatic carbocycles. The maximum Gasteiger partial charge on any atom is 0.221 e. The zero-order valence-electron chi connectivity index (χ0n) is 9.77. The molecule has 0 aliphatic heterocycles. The molecule has 0 atom stereocenters. The van der Waals surface area contributed by atoms with Gasteiger partial charge in [-0.05, 0) is 12.5 Å². The quantitative estimate of drug-likeness (QED) is 0.700. The van der Waals surface area contributed by atoms with Gasteiger partial charge in [-0.3, -0.25) is 0 Å². The first kappa shape index (κ1) is 12.8. The van der Waals surface area contributed by atoms with Gasteiger partial charge in [0.05, 0.1) is 18.1 Å². The van der Waals surface area contributed by atoms with Crippen LogP contribution in [0.2, 0.25) is 0 Å². The Morgan fingerprint density at radius 2 is 2.33 bits per heavy atom. The van der Waals surface area contributed by atoms with E-state index in [-0.39, 0.29) is 11.8 Å². The van der Waals surface area contributed by atoms with Crippen LogP contribution in [0.25, 0.3) is 0 Å². The Kier molecular flexibility index (Phi) is 3.76. The maximum absolute atomic E-state index is 13.9. The summed E-state index contributed by atoms with van der Waals surface area (Å²) < 4.78 is 15.3. The van der Waals surface area contributed by atoms with Gasteiger partial charge in [-0.2, -0.15) is 5.10 Å². The molecule has 0 radical (unpaired) electrons. The van der Waals surface area contributed by atoms with E-state index in [0.717, 1.165) is 5.69 Å². The summed E-state index contributed by atoms with van der Waals surface area (Å²) in [5, 5.41) is 4.55. The van der Waals surface area contributed by atoms with Crippen LogP contribution in [-0.4, -0.2) is 15.9 Å². The number of aromatic nitrogens is 2. The molecule has 18 heavy (non-hydrogen) atoms. The predicted octanol–water partition coefficient (Wildman–Crippen LogP) is 2.69. The van der Waals surface area contributed by atoms with Gasteiger partial charge in [-0.15, -0.1) is 0 Å². The number of rotatable bonds is 3. The number of nitrogen functional groups attached to an aromatic ring is 1. The number of aryl methyl sites for hydroxylation is 1. The third-order valence-electron chi connectivity index (χ3n) is 2.41. The Morgan fingerprint density at radius 1 is 1.56 bits per heavy atom. The molecule has 94 valence electrons. The first-order valence-electron chi connectivity index (χ1n) is 5.31. The molecule has 2 aromatic rings. The van der Waals surface area contributed by atoms with E-state index in [0.29, 0.717) is 16.5 Å². The minimum atomic E-state index is -0.284. The van der Waals surface area contributed by atoms with Crippen LogP contribution in [0.5, 0.6) is 0 Å². The molecular weight excluding hydrogens is 299 g/mol. The molecule has 0 bridgehead atoms. The van der Waals surface area contributed by atoms with Crippen molar-refractivity contribution in [2.75, 3.05) is 5.73 Å². The Bertz CT molecular complexity index is 592. The standard InChI is InChI=1S/C12H12BrFN4/c1-8-7-18(12(15)17-8)16-6-10-4-2-3-9(5-13)11(10)14/h2-4,6-7H,5H2,1H3,(H2,15,17). The minimum Gasteiger partial charge on any atom is -0.368 e. The molecule has 1 aromatic heterocycles. The monoisotopic (exact) mass is 310 g/mol. The van der Waals surface area contributed by atoms with Crippen LogP contribution in [-0.2, 0) is 5.33 Å². The van der Waals surface area contributed by atoms with Crippen LogP contribution in [0, 0.1) is 12.7 Å². The van der Waals surface area contributed by atoms with Crippen molar-refractivity contribution in [1.82, 2.24) is 9.66 Å². The Labute approximate surface area is 112 Å². The van der Waals surface area contributed by atoms with E-state index in [1.54, 1.807) is 24.4 Å². The van der Waals surface area contributed by atoms with Crippen LogP contribution in [0.3, 0.4) is 0 Å². The summed E-state index contributed by atoms with van der Waals surface area (Å²) in [6.07, 6.45) is 3.11. The van der Waals surface area contributed by atoms with Crippen LogP contribution < -0.4 is 5.73 Å². The molecule has 0 aliphatic rings. The predicted molar refractivity (Wildman–Crippen MR) is 73.4 cm³/mol. The molecule has 1 aromatic carbocycles. The van der Waals surface area contributed by atoms with E-state index in [2.05, 4.69) is 26.0 Å². The van der Waals surface area contributed by atoms with Crippen LogP contribution in [0.4, 0.5) is 10.3 Å². The van der Waals surface area contributed by atoms with Crippen molar-refractivity contribution in [1.29, 1.82) is 0 Å². The van der Waals surface area contributed by atoms with Crippen molar-refractivity contribution < 1.29 is 4.39 Å². The Hall–Kier alpha value is -1.69. The van der Waals surface area contributed by atoms with Crippen LogP contribution in [0.15, 0.2) is 29.5 Å². The van der Waals surface area contributed by atoms with Gasteiger partial charge in [-0.25, -0.2) is 14.1 Å². The highest BCUT2D eigenvalue weighted by molar-refractivity contribution is 9.08. The number of anilines is 1. The van der Waals surface area contributed by atoms with E-state index in [9.17, 15) is 4.39 Å². The molecule has 1 heterocycles. The van der Waals surface area contributed by atoms with Gasteiger partial charge in [0, 0.05) is 10.9 Å². The number of hydrogen-bond donors (Lipinski definition) is 1. The van der Waals surface area contributed by atoms with Gasteiger partial charge in [0.25, 0.3) is 0 Å². The van der Waals surface area contributed by atoms with Crippen molar-refractivity contribution in [2.45, 2.75) is 12.3 Å². The van der Waals surface area contributed by atoms with Crippen LogP contribution >= 0.6 is 15.9 Å². The van der Waals surface area contributed by atoms with E-state index in [4.69, 9.17) is 5.73 Å². The summed E-state index contributed by atoms with van der Waals surface area (Å²) in [4.78, 5) is 4.01. The zero-order valence-corrected chi connectivity index (χ0v) is 11.4. The number of nitrogens with two attached hydrogens (primary N) is 1. The highest BCUT2D eigenvalue weighted by Crippen LogP contribution is 2.14. The second kappa shape index (κ2) is 5.30. The van der Waals surface area contributed by atoms with Gasteiger partial charge in [0.2, 0.25) is 5.95 Å². The van der Waals surface area contributed by atoms with Gasteiger partial charge in [0.15, 0.2) is 0 Å². The fraction of sp³-hybridized carbons (Fsp3) is 0.167. The Balaban J connectivity index is 2.32. The van der Waals surface area contributed by atoms with E-state index in [1.165, 1.54) is 10.9 Å². The van der Waals surface area contributed by atoms with Gasteiger partial charge >= 0.3 is 0 Å². The topological polar surface area (TPSA) is 56.2 Å². The lowest BCUT2D eigenvalue weighted by Gasteiger charge is -2.01.